The molecule has 0 spiro atoms. The van der Waals surface area contributed by atoms with Crippen LogP contribution in [0.2, 0.25) is 0 Å². The first-order valence-electron chi connectivity index (χ1n) is 7.57. The second-order valence-corrected chi connectivity index (χ2v) is 7.60. The molecular weight excluding hydrogens is 262 g/mol. The first-order chi connectivity index (χ1) is 9.58. The third-order valence-electron chi connectivity index (χ3n) is 3.49. The van der Waals surface area contributed by atoms with Crippen molar-refractivity contribution >= 4 is 0 Å². The maximum Gasteiger partial charge on any atom is 0.161 e. The summed E-state index contributed by atoms with van der Waals surface area (Å²) in [5.41, 5.74) is 1.58. The molecule has 0 heterocycles. The number of hydrogen-bond donors (Lipinski definition) is 1. The van der Waals surface area contributed by atoms with Gasteiger partial charge in [0.25, 0.3) is 0 Å². The molecule has 1 aromatic carbocycles. The lowest BCUT2D eigenvalue weighted by molar-refractivity contribution is 0.226. The molecule has 1 unspecified atom stereocenters. The summed E-state index contributed by atoms with van der Waals surface area (Å²) in [5, 5.41) is 3.72. The quantitative estimate of drug-likeness (QED) is 0.833. The molecule has 1 N–H and O–H groups in total. The lowest BCUT2D eigenvalue weighted by atomic mass is 9.81. The highest BCUT2D eigenvalue weighted by Crippen LogP contribution is 2.32. The van der Waals surface area contributed by atoms with Crippen LogP contribution in [0.4, 0.5) is 0 Å². The highest BCUT2D eigenvalue weighted by atomic mass is 16.5. The van der Waals surface area contributed by atoms with Crippen LogP contribution >= 0.6 is 0 Å². The minimum absolute atomic E-state index is 0.0742. The zero-order valence-electron chi connectivity index (χ0n) is 14.8. The van der Waals surface area contributed by atoms with E-state index < -0.39 is 0 Å². The Bertz CT molecular complexity index is 461. The van der Waals surface area contributed by atoms with E-state index in [-0.39, 0.29) is 11.6 Å². The summed E-state index contributed by atoms with van der Waals surface area (Å²) in [7, 11) is 3.33. The monoisotopic (exact) mass is 293 g/mol. The second-order valence-electron chi connectivity index (χ2n) is 7.60. The molecule has 1 aromatic rings. The summed E-state index contributed by atoms with van der Waals surface area (Å²) in [6, 6.07) is 6.35. The van der Waals surface area contributed by atoms with E-state index in [9.17, 15) is 0 Å². The summed E-state index contributed by atoms with van der Waals surface area (Å²) in [4.78, 5) is 0. The Morgan fingerprint density at radius 1 is 1.00 bits per heavy atom. The Balaban J connectivity index is 2.86. The van der Waals surface area contributed by atoms with Crippen LogP contribution in [0.5, 0.6) is 11.5 Å². The average Bonchev–Trinajstić information content (AvgIpc) is 2.34. The molecule has 0 aliphatic carbocycles. The maximum atomic E-state index is 5.38. The van der Waals surface area contributed by atoms with Crippen molar-refractivity contribution in [2.75, 3.05) is 14.2 Å². The third kappa shape index (κ3) is 5.58. The molecule has 0 bridgehead atoms. The minimum atomic E-state index is 0.0742. The fourth-order valence-electron chi connectivity index (χ4n) is 3.17. The molecule has 0 fully saturated rings. The van der Waals surface area contributed by atoms with Crippen molar-refractivity contribution in [3.8, 4) is 11.5 Å². The molecule has 0 aliphatic heterocycles. The Labute approximate surface area is 130 Å². The minimum Gasteiger partial charge on any atom is -0.493 e. The van der Waals surface area contributed by atoms with Gasteiger partial charge in [0.1, 0.15) is 0 Å². The normalized spacial score (nSPS) is 13.9. The fourth-order valence-corrected chi connectivity index (χ4v) is 3.17. The first-order valence-corrected chi connectivity index (χ1v) is 7.57. The Kier molecular flexibility index (Phi) is 5.68. The predicted octanol–water partition coefficient (Wildman–Crippen LogP) is 4.57. The zero-order valence-corrected chi connectivity index (χ0v) is 14.8. The van der Waals surface area contributed by atoms with Gasteiger partial charge in [0.15, 0.2) is 11.5 Å². The maximum absolute atomic E-state index is 5.38. The van der Waals surface area contributed by atoms with E-state index in [2.05, 4.69) is 52.9 Å². The van der Waals surface area contributed by atoms with Crippen LogP contribution in [0.3, 0.4) is 0 Å². The van der Waals surface area contributed by atoms with Gasteiger partial charge in [-0.05, 0) is 50.3 Å². The van der Waals surface area contributed by atoms with Crippen LogP contribution < -0.4 is 14.8 Å². The van der Waals surface area contributed by atoms with E-state index in [4.69, 9.17) is 9.47 Å². The van der Waals surface area contributed by atoms with Gasteiger partial charge in [-0.3, -0.25) is 0 Å². The molecular formula is C18H31NO2. The second kappa shape index (κ2) is 6.69. The molecule has 0 aromatic heterocycles. The molecule has 3 nitrogen and oxygen atoms in total. The Hall–Kier alpha value is -1.22. The van der Waals surface area contributed by atoms with E-state index in [0.717, 1.165) is 17.9 Å². The van der Waals surface area contributed by atoms with Gasteiger partial charge < -0.3 is 14.8 Å². The lowest BCUT2D eigenvalue weighted by Crippen LogP contribution is -2.43. The molecule has 1 rings (SSSR count). The number of hydrogen-bond acceptors (Lipinski definition) is 3. The Morgan fingerprint density at radius 2 is 1.57 bits per heavy atom. The molecule has 0 aliphatic rings. The largest absolute Gasteiger partial charge is 0.493 e. The highest BCUT2D eigenvalue weighted by Gasteiger charge is 2.27. The van der Waals surface area contributed by atoms with Crippen molar-refractivity contribution in [2.24, 2.45) is 5.41 Å². The number of benzene rings is 1. The van der Waals surface area contributed by atoms with Gasteiger partial charge in [-0.1, -0.05) is 26.8 Å². The SMILES string of the molecule is COc1ccc(C(C)NC(C)(C)CC(C)(C)C)cc1OC. The summed E-state index contributed by atoms with van der Waals surface area (Å²) in [6.45, 7) is 13.5. The van der Waals surface area contributed by atoms with Gasteiger partial charge in [0.2, 0.25) is 0 Å². The van der Waals surface area contributed by atoms with Gasteiger partial charge in [0, 0.05) is 11.6 Å². The molecule has 1 atom stereocenters. The van der Waals surface area contributed by atoms with Crippen molar-refractivity contribution in [3.05, 3.63) is 23.8 Å². The molecule has 0 saturated carbocycles. The highest BCUT2D eigenvalue weighted by molar-refractivity contribution is 5.43. The standard InChI is InChI=1S/C18H31NO2/c1-13(19-18(5,6)12-17(2,3)4)14-9-10-15(20-7)16(11-14)21-8/h9-11,13,19H,12H2,1-8H3. The molecule has 21 heavy (non-hydrogen) atoms. The summed E-state index contributed by atoms with van der Waals surface area (Å²) in [5.74, 6) is 1.54. The van der Waals surface area contributed by atoms with Crippen LogP contribution in [0.15, 0.2) is 18.2 Å². The van der Waals surface area contributed by atoms with Crippen LogP contribution in [-0.4, -0.2) is 19.8 Å². The average molecular weight is 293 g/mol. The number of methoxy groups -OCH3 is 2. The van der Waals surface area contributed by atoms with E-state index >= 15 is 0 Å². The Morgan fingerprint density at radius 3 is 2.05 bits per heavy atom. The molecule has 120 valence electrons. The molecule has 0 radical (unpaired) electrons. The van der Waals surface area contributed by atoms with Crippen molar-refractivity contribution in [2.45, 2.75) is 59.5 Å². The molecule has 0 amide bonds. The van der Waals surface area contributed by atoms with Crippen molar-refractivity contribution < 1.29 is 9.47 Å². The van der Waals surface area contributed by atoms with Crippen LogP contribution in [0.25, 0.3) is 0 Å². The van der Waals surface area contributed by atoms with Crippen LogP contribution in [0.1, 0.15) is 59.6 Å². The van der Waals surface area contributed by atoms with E-state index in [1.165, 1.54) is 5.56 Å². The zero-order chi connectivity index (χ0) is 16.3. The number of nitrogens with one attached hydrogen (secondary N) is 1. The molecule has 3 heteroatoms. The van der Waals surface area contributed by atoms with Gasteiger partial charge in [-0.25, -0.2) is 0 Å². The van der Waals surface area contributed by atoms with E-state index in [1.54, 1.807) is 14.2 Å². The topological polar surface area (TPSA) is 30.5 Å². The van der Waals surface area contributed by atoms with Gasteiger partial charge in [-0.2, -0.15) is 0 Å². The van der Waals surface area contributed by atoms with Gasteiger partial charge >= 0.3 is 0 Å². The first kappa shape index (κ1) is 17.8. The van der Waals surface area contributed by atoms with Gasteiger partial charge in [-0.15, -0.1) is 0 Å². The van der Waals surface area contributed by atoms with Gasteiger partial charge in [0.05, 0.1) is 14.2 Å². The van der Waals surface area contributed by atoms with Crippen LogP contribution in [-0.2, 0) is 0 Å². The number of rotatable bonds is 6. The van der Waals surface area contributed by atoms with E-state index in [1.807, 2.05) is 12.1 Å². The van der Waals surface area contributed by atoms with Crippen molar-refractivity contribution in [3.63, 3.8) is 0 Å². The predicted molar refractivity (Wildman–Crippen MR) is 89.2 cm³/mol. The van der Waals surface area contributed by atoms with Crippen molar-refractivity contribution in [1.82, 2.24) is 5.32 Å². The lowest BCUT2D eigenvalue weighted by Gasteiger charge is -2.36. The summed E-state index contributed by atoms with van der Waals surface area (Å²) < 4.78 is 10.7. The van der Waals surface area contributed by atoms with E-state index in [0.29, 0.717) is 5.41 Å². The van der Waals surface area contributed by atoms with Crippen molar-refractivity contribution in [1.29, 1.82) is 0 Å². The summed E-state index contributed by atoms with van der Waals surface area (Å²) >= 11 is 0. The smallest absolute Gasteiger partial charge is 0.161 e. The number of ether oxygens (including phenoxy) is 2. The third-order valence-corrected chi connectivity index (χ3v) is 3.49. The molecule has 0 saturated heterocycles. The summed E-state index contributed by atoms with van der Waals surface area (Å²) in [6.07, 6.45) is 1.11. The van der Waals surface area contributed by atoms with Crippen LogP contribution in [0, 0.1) is 5.41 Å². The fraction of sp³-hybridized carbons (Fsp3) is 0.667.